The summed E-state index contributed by atoms with van der Waals surface area (Å²) >= 11 is 0. The molecule has 3 nitrogen and oxygen atoms in total. The summed E-state index contributed by atoms with van der Waals surface area (Å²) in [4.78, 5) is 8.27. The number of anilines is 1. The summed E-state index contributed by atoms with van der Waals surface area (Å²) in [6, 6.07) is 4.48. The van der Waals surface area contributed by atoms with Crippen molar-refractivity contribution in [2.24, 2.45) is 5.92 Å². The van der Waals surface area contributed by atoms with E-state index >= 15 is 0 Å². The molecule has 0 aliphatic rings. The summed E-state index contributed by atoms with van der Waals surface area (Å²) in [5.41, 5.74) is 7.14. The summed E-state index contributed by atoms with van der Waals surface area (Å²) in [5, 5.41) is 0.753. The molecule has 0 amide bonds. The van der Waals surface area contributed by atoms with Crippen LogP contribution >= 0.6 is 0 Å². The summed E-state index contributed by atoms with van der Waals surface area (Å²) in [7, 11) is 0. The van der Waals surface area contributed by atoms with Crippen molar-refractivity contribution >= 4 is 16.9 Å². The van der Waals surface area contributed by atoms with E-state index in [0.717, 1.165) is 17.5 Å². The number of nitrogen functional groups attached to an aromatic ring is 1. The average molecular weight is 219 g/mol. The molecule has 16 heavy (non-hydrogen) atoms. The van der Waals surface area contributed by atoms with E-state index in [-0.39, 0.29) is 11.8 Å². The fourth-order valence-electron chi connectivity index (χ4n) is 1.73. The lowest BCUT2D eigenvalue weighted by Gasteiger charge is -2.08. The molecule has 1 aromatic heterocycles. The van der Waals surface area contributed by atoms with Gasteiger partial charge >= 0.3 is 0 Å². The first-order valence-corrected chi connectivity index (χ1v) is 5.28. The highest BCUT2D eigenvalue weighted by molar-refractivity contribution is 5.81. The van der Waals surface area contributed by atoms with Crippen LogP contribution in [0.1, 0.15) is 19.5 Å². The van der Waals surface area contributed by atoms with E-state index in [2.05, 4.69) is 23.8 Å². The van der Waals surface area contributed by atoms with E-state index in [4.69, 9.17) is 5.73 Å². The maximum Gasteiger partial charge on any atom is 0.220 e. The summed E-state index contributed by atoms with van der Waals surface area (Å²) < 4.78 is 13.2. The normalized spacial score (nSPS) is 11.2. The molecule has 0 saturated heterocycles. The van der Waals surface area contributed by atoms with Gasteiger partial charge in [0, 0.05) is 5.39 Å². The van der Waals surface area contributed by atoms with E-state index in [1.54, 1.807) is 6.07 Å². The van der Waals surface area contributed by atoms with Crippen LogP contribution in [0.5, 0.6) is 0 Å². The lowest BCUT2D eigenvalue weighted by atomic mass is 10.0. The first-order valence-electron chi connectivity index (χ1n) is 5.28. The first kappa shape index (κ1) is 10.8. The van der Waals surface area contributed by atoms with E-state index in [1.165, 1.54) is 12.1 Å². The Labute approximate surface area is 93.5 Å². The molecule has 0 bridgehead atoms. The number of fused-ring (bicyclic) bond motifs is 1. The average Bonchev–Trinajstić information content (AvgIpc) is 2.18. The highest BCUT2D eigenvalue weighted by Crippen LogP contribution is 2.20. The third kappa shape index (κ3) is 2.10. The van der Waals surface area contributed by atoms with Crippen molar-refractivity contribution in [3.05, 3.63) is 29.7 Å². The number of benzene rings is 1. The monoisotopic (exact) mass is 219 g/mol. The highest BCUT2D eigenvalue weighted by atomic mass is 19.1. The SMILES string of the molecule is CC(C)Cc1nc(N)nc2ccc(F)cc12. The van der Waals surface area contributed by atoms with Gasteiger partial charge in [0.15, 0.2) is 0 Å². The number of halogens is 1. The Hall–Kier alpha value is -1.71. The Morgan fingerprint density at radius 3 is 2.75 bits per heavy atom. The predicted molar refractivity (Wildman–Crippen MR) is 62.5 cm³/mol. The predicted octanol–water partition coefficient (Wildman–Crippen LogP) is 2.55. The van der Waals surface area contributed by atoms with Crippen molar-refractivity contribution in [3.8, 4) is 0 Å². The van der Waals surface area contributed by atoms with Crippen LogP contribution in [-0.2, 0) is 6.42 Å². The van der Waals surface area contributed by atoms with E-state index < -0.39 is 0 Å². The summed E-state index contributed by atoms with van der Waals surface area (Å²) in [6.45, 7) is 4.17. The van der Waals surface area contributed by atoms with Crippen LogP contribution in [0.2, 0.25) is 0 Å². The van der Waals surface area contributed by atoms with Gasteiger partial charge in [0.1, 0.15) is 5.82 Å². The molecule has 2 aromatic rings. The second kappa shape index (κ2) is 4.04. The van der Waals surface area contributed by atoms with Gasteiger partial charge in [0.25, 0.3) is 0 Å². The number of rotatable bonds is 2. The molecular formula is C12H14FN3. The van der Waals surface area contributed by atoms with Crippen LogP contribution in [-0.4, -0.2) is 9.97 Å². The number of nitrogens with zero attached hydrogens (tertiary/aromatic N) is 2. The van der Waals surface area contributed by atoms with Gasteiger partial charge in [-0.2, -0.15) is 0 Å². The van der Waals surface area contributed by atoms with Crippen molar-refractivity contribution in [1.29, 1.82) is 0 Å². The van der Waals surface area contributed by atoms with Gasteiger partial charge in [-0.1, -0.05) is 13.8 Å². The van der Waals surface area contributed by atoms with Gasteiger partial charge < -0.3 is 5.73 Å². The minimum atomic E-state index is -0.272. The molecule has 0 spiro atoms. The van der Waals surface area contributed by atoms with E-state index in [9.17, 15) is 4.39 Å². The van der Waals surface area contributed by atoms with Crippen molar-refractivity contribution in [2.45, 2.75) is 20.3 Å². The minimum Gasteiger partial charge on any atom is -0.368 e. The number of hydrogen-bond donors (Lipinski definition) is 1. The third-order valence-electron chi connectivity index (χ3n) is 2.36. The number of aromatic nitrogens is 2. The molecular weight excluding hydrogens is 205 g/mol. The van der Waals surface area contributed by atoms with Crippen LogP contribution in [0, 0.1) is 11.7 Å². The molecule has 2 rings (SSSR count). The standard InChI is InChI=1S/C12H14FN3/c1-7(2)5-11-9-6-8(13)3-4-10(9)15-12(14)16-11/h3-4,6-7H,5H2,1-2H3,(H2,14,15,16). The van der Waals surface area contributed by atoms with Gasteiger partial charge in [0.2, 0.25) is 5.95 Å². The zero-order chi connectivity index (χ0) is 11.7. The van der Waals surface area contributed by atoms with Crippen LogP contribution in [0.15, 0.2) is 18.2 Å². The Balaban J connectivity index is 2.64. The van der Waals surface area contributed by atoms with Gasteiger partial charge in [-0.3, -0.25) is 0 Å². The summed E-state index contributed by atoms with van der Waals surface area (Å²) in [6.07, 6.45) is 0.771. The van der Waals surface area contributed by atoms with E-state index in [1.807, 2.05) is 0 Å². The van der Waals surface area contributed by atoms with Gasteiger partial charge in [-0.05, 0) is 30.5 Å². The van der Waals surface area contributed by atoms with Crippen molar-refractivity contribution < 1.29 is 4.39 Å². The van der Waals surface area contributed by atoms with Crippen LogP contribution in [0.25, 0.3) is 10.9 Å². The zero-order valence-corrected chi connectivity index (χ0v) is 9.37. The molecule has 0 unspecified atom stereocenters. The number of hydrogen-bond acceptors (Lipinski definition) is 3. The minimum absolute atomic E-state index is 0.245. The quantitative estimate of drug-likeness (QED) is 0.844. The molecule has 0 atom stereocenters. The van der Waals surface area contributed by atoms with Gasteiger partial charge in [-0.25, -0.2) is 14.4 Å². The second-order valence-electron chi connectivity index (χ2n) is 4.29. The molecule has 0 fully saturated rings. The number of nitrogens with two attached hydrogens (primary N) is 1. The Morgan fingerprint density at radius 2 is 2.06 bits per heavy atom. The molecule has 4 heteroatoms. The van der Waals surface area contributed by atoms with Crippen LogP contribution < -0.4 is 5.73 Å². The van der Waals surface area contributed by atoms with Crippen molar-refractivity contribution in [1.82, 2.24) is 9.97 Å². The lowest BCUT2D eigenvalue weighted by Crippen LogP contribution is -2.04. The van der Waals surface area contributed by atoms with Crippen molar-refractivity contribution in [3.63, 3.8) is 0 Å². The fourth-order valence-corrected chi connectivity index (χ4v) is 1.73. The Morgan fingerprint density at radius 1 is 1.31 bits per heavy atom. The third-order valence-corrected chi connectivity index (χ3v) is 2.36. The smallest absolute Gasteiger partial charge is 0.220 e. The Bertz CT molecular complexity index is 523. The molecule has 0 radical (unpaired) electrons. The van der Waals surface area contributed by atoms with Crippen molar-refractivity contribution in [2.75, 3.05) is 5.73 Å². The van der Waals surface area contributed by atoms with Gasteiger partial charge in [0.05, 0.1) is 11.2 Å². The second-order valence-corrected chi connectivity index (χ2v) is 4.29. The van der Waals surface area contributed by atoms with Crippen LogP contribution in [0.4, 0.5) is 10.3 Å². The molecule has 1 aromatic carbocycles. The molecule has 0 saturated carbocycles. The maximum absolute atomic E-state index is 13.2. The largest absolute Gasteiger partial charge is 0.368 e. The first-order chi connectivity index (χ1) is 7.56. The van der Waals surface area contributed by atoms with Crippen LogP contribution in [0.3, 0.4) is 0 Å². The zero-order valence-electron chi connectivity index (χ0n) is 9.37. The molecule has 2 N–H and O–H groups in total. The lowest BCUT2D eigenvalue weighted by molar-refractivity contribution is 0.626. The van der Waals surface area contributed by atoms with E-state index in [0.29, 0.717) is 11.4 Å². The molecule has 1 heterocycles. The highest BCUT2D eigenvalue weighted by Gasteiger charge is 2.08. The van der Waals surface area contributed by atoms with Gasteiger partial charge in [-0.15, -0.1) is 0 Å². The summed E-state index contributed by atoms with van der Waals surface area (Å²) in [5.74, 6) is 0.418. The topological polar surface area (TPSA) is 51.8 Å². The molecule has 84 valence electrons. The molecule has 0 aliphatic heterocycles. The maximum atomic E-state index is 13.2. The molecule has 0 aliphatic carbocycles. The fraction of sp³-hybridized carbons (Fsp3) is 0.333. The Kier molecular flexibility index (Phi) is 2.73.